The number of benzene rings is 6. The molecule has 0 aliphatic carbocycles. The van der Waals surface area contributed by atoms with Gasteiger partial charge in [0, 0.05) is 13.3 Å². The summed E-state index contributed by atoms with van der Waals surface area (Å²) in [5, 5.41) is 10.9. The van der Waals surface area contributed by atoms with E-state index in [0.29, 0.717) is 61.2 Å². The van der Waals surface area contributed by atoms with Crippen LogP contribution >= 0.6 is 11.3 Å². The van der Waals surface area contributed by atoms with Crippen molar-refractivity contribution in [2.24, 2.45) is 0 Å². The molecule has 1 unspecified atom stereocenters. The second-order valence-electron chi connectivity index (χ2n) is 17.6. The molecular formula is C55H54N6O14S3. The molecule has 0 fully saturated rings. The lowest BCUT2D eigenvalue weighted by Crippen LogP contribution is -2.47. The molecule has 2 aromatic heterocycles. The van der Waals surface area contributed by atoms with E-state index in [1.54, 1.807) is 93.1 Å². The van der Waals surface area contributed by atoms with Crippen molar-refractivity contribution in [3.8, 4) is 23.0 Å². The average molecular weight is 1120 g/mol. The second kappa shape index (κ2) is 24.8. The molecule has 2 N–H and O–H groups in total. The number of hydrogen-bond acceptors (Lipinski definition) is 18. The number of ether oxygens (including phenoxy) is 6. The fourth-order valence-electron chi connectivity index (χ4n) is 8.18. The molecule has 0 spiro atoms. The molecule has 0 radical (unpaired) electrons. The Morgan fingerprint density at radius 2 is 1.33 bits per heavy atom. The summed E-state index contributed by atoms with van der Waals surface area (Å²) in [6.07, 6.45) is 0.501. The zero-order chi connectivity index (χ0) is 55.5. The van der Waals surface area contributed by atoms with Crippen LogP contribution in [0.5, 0.6) is 23.0 Å². The minimum atomic E-state index is -4.34. The van der Waals surface area contributed by atoms with E-state index in [4.69, 9.17) is 32.6 Å². The molecule has 1 amide bonds. The van der Waals surface area contributed by atoms with Crippen LogP contribution in [0.3, 0.4) is 0 Å². The van der Waals surface area contributed by atoms with Crippen LogP contribution in [0.15, 0.2) is 161 Å². The first-order valence-electron chi connectivity index (χ1n) is 24.0. The fraction of sp³-hybridized carbons (Fsp3) is 0.236. The Kier molecular flexibility index (Phi) is 17.8. The standard InChI is InChI=1S/C55H54N6O14S3/c1-36-11-26-48(27-12-36)78(67,68)74-35-47(75-37(2)62)34-73-45-19-13-38(14-20-45)29-50(53(64)71-5)56-52(63)32-61-31-42(58-60-61)33-72-46-25-28-49-51(30-46)76-54(57-49)77(65,66)59-55(39-9-7-6-8-10-39,40-15-21-43(69-3)22-16-40)41-17-23-44(70-4)24-18-41/h6-28,30-31,47,50,59H,29,32-35H2,1-5H3,(H,56,63)/t47?,50-/m0/s1. The molecule has 0 saturated heterocycles. The van der Waals surface area contributed by atoms with Crippen LogP contribution in [0.1, 0.15) is 40.4 Å². The Morgan fingerprint density at radius 1 is 0.718 bits per heavy atom. The quantitative estimate of drug-likeness (QED) is 0.0344. The van der Waals surface area contributed by atoms with E-state index in [1.165, 1.54) is 37.0 Å². The summed E-state index contributed by atoms with van der Waals surface area (Å²) >= 11 is 0.975. The van der Waals surface area contributed by atoms with Crippen LogP contribution in [-0.4, -0.2) is 101 Å². The molecule has 20 nitrogen and oxygen atoms in total. The van der Waals surface area contributed by atoms with E-state index < -0.39 is 62.3 Å². The van der Waals surface area contributed by atoms with Crippen LogP contribution < -0.4 is 29.0 Å². The molecule has 406 valence electrons. The Balaban J connectivity index is 0.877. The van der Waals surface area contributed by atoms with Crippen molar-refractivity contribution in [3.05, 3.63) is 185 Å². The van der Waals surface area contributed by atoms with E-state index in [9.17, 15) is 31.2 Å². The monoisotopic (exact) mass is 1120 g/mol. The molecule has 2 heterocycles. The molecule has 0 aliphatic heterocycles. The van der Waals surface area contributed by atoms with Gasteiger partial charge >= 0.3 is 11.9 Å². The van der Waals surface area contributed by atoms with Gasteiger partial charge in [0.05, 0.1) is 42.6 Å². The number of carbonyl (C=O) groups excluding carboxylic acids is 3. The fourth-order valence-corrected chi connectivity index (χ4v) is 11.7. The molecule has 0 saturated carbocycles. The largest absolute Gasteiger partial charge is 0.497 e. The maximum absolute atomic E-state index is 14.6. The number of fused-ring (bicyclic) bond motifs is 1. The number of amides is 1. The Labute approximate surface area is 454 Å². The number of esters is 2. The highest BCUT2D eigenvalue weighted by Gasteiger charge is 2.42. The van der Waals surface area contributed by atoms with Crippen molar-refractivity contribution in [2.75, 3.05) is 34.5 Å². The van der Waals surface area contributed by atoms with Crippen molar-refractivity contribution in [2.45, 2.75) is 60.3 Å². The van der Waals surface area contributed by atoms with Crippen molar-refractivity contribution < 1.29 is 63.8 Å². The Morgan fingerprint density at radius 3 is 1.95 bits per heavy atom. The van der Waals surface area contributed by atoms with Crippen LogP contribution in [0.4, 0.5) is 0 Å². The molecule has 2 atom stereocenters. The van der Waals surface area contributed by atoms with Gasteiger partial charge in [0.1, 0.15) is 66.6 Å². The molecular weight excluding hydrogens is 1060 g/mol. The maximum Gasteiger partial charge on any atom is 0.328 e. The van der Waals surface area contributed by atoms with Gasteiger partial charge in [0.25, 0.3) is 20.1 Å². The zero-order valence-electron chi connectivity index (χ0n) is 42.9. The number of carbonyl (C=O) groups is 3. The van der Waals surface area contributed by atoms with E-state index >= 15 is 0 Å². The van der Waals surface area contributed by atoms with Crippen molar-refractivity contribution in [1.29, 1.82) is 0 Å². The topological polar surface area (TPSA) is 252 Å². The molecule has 8 rings (SSSR count). The van der Waals surface area contributed by atoms with Gasteiger partial charge in [0.2, 0.25) is 10.2 Å². The summed E-state index contributed by atoms with van der Waals surface area (Å²) in [4.78, 5) is 42.3. The number of rotatable bonds is 25. The maximum atomic E-state index is 14.6. The van der Waals surface area contributed by atoms with E-state index in [-0.39, 0.29) is 35.4 Å². The smallest absolute Gasteiger partial charge is 0.328 e. The molecule has 78 heavy (non-hydrogen) atoms. The highest BCUT2D eigenvalue weighted by Crippen LogP contribution is 2.41. The molecule has 0 bridgehead atoms. The summed E-state index contributed by atoms with van der Waals surface area (Å²) in [5.41, 5.74) is 2.80. The predicted molar refractivity (Wildman–Crippen MR) is 286 cm³/mol. The molecule has 8 aromatic rings. The number of sulfonamides is 1. The lowest BCUT2D eigenvalue weighted by molar-refractivity contribution is -0.149. The number of aryl methyl sites for hydroxylation is 1. The SMILES string of the molecule is COC(=O)[C@H](Cc1ccc(OCC(COS(=O)(=O)c2ccc(C)cc2)OC(C)=O)cc1)NC(=O)Cn1cc(COc2ccc3nc(S(=O)(=O)NC(c4ccccc4)(c4ccc(OC)cc4)c4ccc(OC)cc4)sc3c2)nn1. The van der Waals surface area contributed by atoms with Gasteiger partial charge in [-0.15, -0.1) is 16.4 Å². The van der Waals surface area contributed by atoms with Gasteiger partial charge in [-0.3, -0.25) is 13.8 Å². The Hall–Kier alpha value is -8.22. The van der Waals surface area contributed by atoms with Crippen molar-refractivity contribution in [3.63, 3.8) is 0 Å². The number of hydrogen-bond donors (Lipinski definition) is 2. The zero-order valence-corrected chi connectivity index (χ0v) is 45.3. The van der Waals surface area contributed by atoms with Crippen LogP contribution in [0.2, 0.25) is 0 Å². The van der Waals surface area contributed by atoms with E-state index in [2.05, 4.69) is 25.3 Å². The van der Waals surface area contributed by atoms with Crippen LogP contribution in [0.25, 0.3) is 10.2 Å². The summed E-state index contributed by atoms with van der Waals surface area (Å²) in [5.74, 6) is 0.0311. The first-order chi connectivity index (χ1) is 37.5. The first-order valence-corrected chi connectivity index (χ1v) is 27.7. The molecule has 6 aromatic carbocycles. The van der Waals surface area contributed by atoms with Gasteiger partial charge in [0.15, 0.2) is 6.10 Å². The van der Waals surface area contributed by atoms with Crippen molar-refractivity contribution >= 4 is 59.5 Å². The average Bonchev–Trinajstić information content (AvgIpc) is 4.19. The predicted octanol–water partition coefficient (Wildman–Crippen LogP) is 6.68. The second-order valence-corrected chi connectivity index (χ2v) is 22.1. The highest BCUT2D eigenvalue weighted by molar-refractivity contribution is 7.91. The number of nitrogens with one attached hydrogen (secondary N) is 2. The minimum Gasteiger partial charge on any atom is -0.497 e. The van der Waals surface area contributed by atoms with Crippen LogP contribution in [0, 0.1) is 6.92 Å². The summed E-state index contributed by atoms with van der Waals surface area (Å²) < 4.78 is 97.5. The van der Waals surface area contributed by atoms with E-state index in [0.717, 1.165) is 16.9 Å². The third-order valence-electron chi connectivity index (χ3n) is 12.1. The summed E-state index contributed by atoms with van der Waals surface area (Å²) in [6, 6.07) is 40.2. The summed E-state index contributed by atoms with van der Waals surface area (Å²) in [7, 11) is -4.15. The van der Waals surface area contributed by atoms with Gasteiger partial charge in [-0.05, 0) is 95.9 Å². The first kappa shape index (κ1) is 56.0. The van der Waals surface area contributed by atoms with Crippen LogP contribution in [-0.2, 0) is 73.3 Å². The van der Waals surface area contributed by atoms with Gasteiger partial charge < -0.3 is 33.7 Å². The lowest BCUT2D eigenvalue weighted by atomic mass is 9.78. The molecule has 0 aliphatic rings. The molecule has 23 heteroatoms. The van der Waals surface area contributed by atoms with Gasteiger partial charge in [-0.25, -0.2) is 22.9 Å². The highest BCUT2D eigenvalue weighted by atomic mass is 32.2. The number of aromatic nitrogens is 4. The third-order valence-corrected chi connectivity index (χ3v) is 16.2. The Bertz CT molecular complexity index is 3530. The summed E-state index contributed by atoms with van der Waals surface area (Å²) in [6.45, 7) is 1.93. The van der Waals surface area contributed by atoms with Gasteiger partial charge in [-0.1, -0.05) is 89.6 Å². The van der Waals surface area contributed by atoms with Crippen molar-refractivity contribution in [1.82, 2.24) is 30.0 Å². The third kappa shape index (κ3) is 13.8. The number of methoxy groups -OCH3 is 3. The number of thiazole rings is 1. The lowest BCUT2D eigenvalue weighted by Gasteiger charge is -2.36. The normalized spacial score (nSPS) is 12.5. The van der Waals surface area contributed by atoms with Gasteiger partial charge in [-0.2, -0.15) is 13.1 Å². The van der Waals surface area contributed by atoms with E-state index in [1.807, 2.05) is 61.5 Å². The minimum absolute atomic E-state index is 0.0457. The number of nitrogens with zero attached hydrogens (tertiary/aromatic N) is 4.